The second kappa shape index (κ2) is 8.21. The van der Waals surface area contributed by atoms with Gasteiger partial charge >= 0.3 is 0 Å². The van der Waals surface area contributed by atoms with Crippen LogP contribution in [0.5, 0.6) is 11.5 Å². The zero-order valence-corrected chi connectivity index (χ0v) is 14.7. The number of carbonyl (C=O) groups is 1. The highest BCUT2D eigenvalue weighted by molar-refractivity contribution is 6.02. The van der Waals surface area contributed by atoms with Crippen molar-refractivity contribution in [2.24, 2.45) is 0 Å². The van der Waals surface area contributed by atoms with E-state index < -0.39 is 0 Å². The number of allylic oxidation sites excluding steroid dienone is 1. The lowest BCUT2D eigenvalue weighted by Gasteiger charge is -2.13. The van der Waals surface area contributed by atoms with Crippen LogP contribution in [-0.2, 0) is 11.2 Å². The summed E-state index contributed by atoms with van der Waals surface area (Å²) in [6.45, 7) is 3.63. The topological polar surface area (TPSA) is 47.6 Å². The molecular weight excluding hydrogens is 326 g/mol. The van der Waals surface area contributed by atoms with Crippen molar-refractivity contribution in [2.75, 3.05) is 19.0 Å². The van der Waals surface area contributed by atoms with Crippen LogP contribution in [0.4, 0.5) is 5.69 Å². The quantitative estimate of drug-likeness (QED) is 0.636. The molecule has 1 N–H and O–H groups in total. The maximum Gasteiger partial charge on any atom is 0.262 e. The predicted molar refractivity (Wildman–Crippen MR) is 105 cm³/mol. The zero-order valence-electron chi connectivity index (χ0n) is 14.7. The van der Waals surface area contributed by atoms with Crippen molar-refractivity contribution in [1.29, 1.82) is 0 Å². The molecule has 26 heavy (non-hydrogen) atoms. The van der Waals surface area contributed by atoms with Gasteiger partial charge in [0.15, 0.2) is 18.1 Å². The van der Waals surface area contributed by atoms with E-state index in [0.29, 0.717) is 11.5 Å². The minimum atomic E-state index is -0.224. The summed E-state index contributed by atoms with van der Waals surface area (Å²) in [5.41, 5.74) is 1.84. The molecule has 0 unspecified atom stereocenters. The normalized spacial score (nSPS) is 10.3. The van der Waals surface area contributed by atoms with E-state index in [0.717, 1.165) is 28.4 Å². The maximum atomic E-state index is 12.3. The van der Waals surface area contributed by atoms with E-state index in [1.807, 2.05) is 66.7 Å². The number of methoxy groups -OCH3 is 1. The molecule has 3 rings (SSSR count). The van der Waals surface area contributed by atoms with Gasteiger partial charge in [-0.15, -0.1) is 6.58 Å². The Balaban J connectivity index is 1.68. The minimum absolute atomic E-state index is 0.0968. The molecule has 132 valence electrons. The molecule has 0 saturated heterocycles. The third-order valence-electron chi connectivity index (χ3n) is 4.03. The third kappa shape index (κ3) is 4.03. The number of benzene rings is 3. The number of ether oxygens (including phenoxy) is 2. The molecule has 0 aromatic heterocycles. The van der Waals surface area contributed by atoms with Crippen molar-refractivity contribution in [3.63, 3.8) is 0 Å². The van der Waals surface area contributed by atoms with Gasteiger partial charge in [0, 0.05) is 11.1 Å². The Morgan fingerprint density at radius 3 is 2.69 bits per heavy atom. The van der Waals surface area contributed by atoms with Crippen LogP contribution in [0.15, 0.2) is 73.3 Å². The van der Waals surface area contributed by atoms with E-state index in [2.05, 4.69) is 11.9 Å². The van der Waals surface area contributed by atoms with Gasteiger partial charge in [-0.3, -0.25) is 4.79 Å². The van der Waals surface area contributed by atoms with Crippen molar-refractivity contribution < 1.29 is 14.3 Å². The van der Waals surface area contributed by atoms with Gasteiger partial charge < -0.3 is 14.8 Å². The number of carbonyl (C=O) groups excluding carboxylic acids is 1. The summed E-state index contributed by atoms with van der Waals surface area (Å²) in [5.74, 6) is 0.911. The Bertz CT molecular complexity index is 928. The smallest absolute Gasteiger partial charge is 0.262 e. The third-order valence-corrected chi connectivity index (χ3v) is 4.03. The van der Waals surface area contributed by atoms with Gasteiger partial charge in [-0.25, -0.2) is 0 Å². The molecular formula is C22H21NO3. The van der Waals surface area contributed by atoms with E-state index in [1.54, 1.807) is 7.11 Å². The number of fused-ring (bicyclic) bond motifs is 1. The Labute approximate surface area is 153 Å². The number of nitrogens with one attached hydrogen (secondary N) is 1. The lowest BCUT2D eigenvalue weighted by atomic mass is 10.1. The first-order valence-electron chi connectivity index (χ1n) is 8.39. The highest BCUT2D eigenvalue weighted by Crippen LogP contribution is 2.28. The van der Waals surface area contributed by atoms with Crippen molar-refractivity contribution >= 4 is 22.4 Å². The lowest BCUT2D eigenvalue weighted by molar-refractivity contribution is -0.118. The fourth-order valence-electron chi connectivity index (χ4n) is 2.79. The van der Waals surface area contributed by atoms with Gasteiger partial charge in [-0.05, 0) is 35.6 Å². The molecule has 3 aromatic rings. The molecule has 0 atom stereocenters. The summed E-state index contributed by atoms with van der Waals surface area (Å²) in [6, 6.07) is 19.3. The van der Waals surface area contributed by atoms with Crippen LogP contribution in [0, 0.1) is 0 Å². The number of hydrogen-bond acceptors (Lipinski definition) is 3. The largest absolute Gasteiger partial charge is 0.493 e. The van der Waals surface area contributed by atoms with E-state index in [4.69, 9.17) is 9.47 Å². The molecule has 0 spiro atoms. The summed E-state index contributed by atoms with van der Waals surface area (Å²) in [7, 11) is 1.58. The Hall–Kier alpha value is -3.27. The number of hydrogen-bond donors (Lipinski definition) is 1. The van der Waals surface area contributed by atoms with Gasteiger partial charge in [0.1, 0.15) is 0 Å². The fraction of sp³-hybridized carbons (Fsp3) is 0.136. The van der Waals surface area contributed by atoms with E-state index in [9.17, 15) is 4.79 Å². The van der Waals surface area contributed by atoms with Crippen LogP contribution in [0.1, 0.15) is 5.56 Å². The van der Waals surface area contributed by atoms with Crippen LogP contribution in [0.3, 0.4) is 0 Å². The van der Waals surface area contributed by atoms with Gasteiger partial charge in [0.05, 0.1) is 7.11 Å². The summed E-state index contributed by atoms with van der Waals surface area (Å²) < 4.78 is 11.0. The van der Waals surface area contributed by atoms with Crippen molar-refractivity contribution in [1.82, 2.24) is 0 Å². The summed E-state index contributed by atoms with van der Waals surface area (Å²) in [5, 5.41) is 4.98. The molecule has 0 fully saturated rings. The average molecular weight is 347 g/mol. The average Bonchev–Trinajstić information content (AvgIpc) is 2.67. The van der Waals surface area contributed by atoms with Crippen LogP contribution < -0.4 is 14.8 Å². The highest BCUT2D eigenvalue weighted by Gasteiger charge is 2.10. The van der Waals surface area contributed by atoms with Gasteiger partial charge in [0.2, 0.25) is 0 Å². The Morgan fingerprint density at radius 2 is 1.88 bits per heavy atom. The van der Waals surface area contributed by atoms with Crippen LogP contribution in [0.25, 0.3) is 10.8 Å². The van der Waals surface area contributed by atoms with Crippen molar-refractivity contribution in [3.05, 3.63) is 78.9 Å². The summed E-state index contributed by atoms with van der Waals surface area (Å²) in [6.07, 6.45) is 2.57. The Kier molecular flexibility index (Phi) is 5.54. The monoisotopic (exact) mass is 347 g/mol. The maximum absolute atomic E-state index is 12.3. The zero-order chi connectivity index (χ0) is 18.4. The number of anilines is 1. The van der Waals surface area contributed by atoms with E-state index >= 15 is 0 Å². The van der Waals surface area contributed by atoms with E-state index in [-0.39, 0.29) is 12.5 Å². The van der Waals surface area contributed by atoms with Gasteiger partial charge in [-0.2, -0.15) is 0 Å². The van der Waals surface area contributed by atoms with Crippen LogP contribution in [-0.4, -0.2) is 19.6 Å². The first-order chi connectivity index (χ1) is 12.7. The second-order valence-electron chi connectivity index (χ2n) is 5.84. The molecule has 0 heterocycles. The van der Waals surface area contributed by atoms with Crippen LogP contribution >= 0.6 is 0 Å². The molecule has 0 bridgehead atoms. The predicted octanol–water partition coefficient (Wildman–Crippen LogP) is 4.59. The molecule has 0 radical (unpaired) electrons. The second-order valence-corrected chi connectivity index (χ2v) is 5.84. The number of rotatable bonds is 7. The molecule has 0 aliphatic heterocycles. The summed E-state index contributed by atoms with van der Waals surface area (Å²) >= 11 is 0. The standard InChI is InChI=1S/C22H21NO3/c1-3-7-16-12-13-20(21(14-16)25-2)26-15-22(24)23-19-11-6-9-17-8-4-5-10-18(17)19/h3-6,8-14H,1,7,15H2,2H3,(H,23,24). The molecule has 4 nitrogen and oxygen atoms in total. The highest BCUT2D eigenvalue weighted by atomic mass is 16.5. The molecule has 3 aromatic carbocycles. The first kappa shape index (κ1) is 17.5. The first-order valence-corrected chi connectivity index (χ1v) is 8.39. The number of amides is 1. The van der Waals surface area contributed by atoms with Crippen LogP contribution in [0.2, 0.25) is 0 Å². The fourth-order valence-corrected chi connectivity index (χ4v) is 2.79. The molecule has 0 aliphatic rings. The molecule has 0 aliphatic carbocycles. The minimum Gasteiger partial charge on any atom is -0.493 e. The SMILES string of the molecule is C=CCc1ccc(OCC(=O)Nc2cccc3ccccc23)c(OC)c1. The van der Waals surface area contributed by atoms with E-state index in [1.165, 1.54) is 0 Å². The molecule has 1 amide bonds. The van der Waals surface area contributed by atoms with Gasteiger partial charge in [0.25, 0.3) is 5.91 Å². The summed E-state index contributed by atoms with van der Waals surface area (Å²) in [4.78, 5) is 12.3. The molecule has 0 saturated carbocycles. The van der Waals surface area contributed by atoms with Crippen molar-refractivity contribution in [2.45, 2.75) is 6.42 Å². The lowest BCUT2D eigenvalue weighted by Crippen LogP contribution is -2.20. The molecule has 4 heteroatoms. The van der Waals surface area contributed by atoms with Crippen molar-refractivity contribution in [3.8, 4) is 11.5 Å². The Morgan fingerprint density at radius 1 is 1.08 bits per heavy atom. The van der Waals surface area contributed by atoms with Gasteiger partial charge in [-0.1, -0.05) is 48.5 Å².